The lowest BCUT2D eigenvalue weighted by Crippen LogP contribution is -2.26. The normalized spacial score (nSPS) is 19.6. The molecule has 1 N–H and O–H groups in total. The highest BCUT2D eigenvalue weighted by Gasteiger charge is 2.22. The van der Waals surface area contributed by atoms with Crippen molar-refractivity contribution < 1.29 is 4.52 Å². The smallest absolute Gasteiger partial charge is 0.244 e. The number of hydrogen-bond donors (Lipinski definition) is 1. The number of aryl methyl sites for hydroxylation is 2. The van der Waals surface area contributed by atoms with E-state index in [1.807, 2.05) is 20.0 Å². The quantitative estimate of drug-likeness (QED) is 0.896. The largest absolute Gasteiger partial charge is 0.337 e. The molecule has 0 unspecified atom stereocenters. The average molecular weight is 258 g/mol. The third-order valence-electron chi connectivity index (χ3n) is 3.48. The molecule has 1 atom stereocenters. The van der Waals surface area contributed by atoms with E-state index in [2.05, 4.69) is 26.5 Å². The van der Waals surface area contributed by atoms with Crippen molar-refractivity contribution in [3.63, 3.8) is 0 Å². The topological polar surface area (TPSA) is 63.8 Å². The maximum absolute atomic E-state index is 5.38. The Morgan fingerprint density at radius 2 is 2.21 bits per heavy atom. The van der Waals surface area contributed by atoms with Crippen LogP contribution in [0.1, 0.15) is 42.3 Å². The van der Waals surface area contributed by atoms with Crippen molar-refractivity contribution in [3.8, 4) is 11.5 Å². The molecule has 2 aromatic heterocycles. The van der Waals surface area contributed by atoms with Crippen LogP contribution in [-0.4, -0.2) is 21.7 Å². The number of hydrogen-bond acceptors (Lipinski definition) is 5. The molecular formula is C14H18N4O. The number of nitrogens with zero attached hydrogens (tertiary/aromatic N) is 3. The van der Waals surface area contributed by atoms with Gasteiger partial charge >= 0.3 is 0 Å². The van der Waals surface area contributed by atoms with E-state index < -0.39 is 0 Å². The van der Waals surface area contributed by atoms with E-state index >= 15 is 0 Å². The van der Waals surface area contributed by atoms with E-state index in [9.17, 15) is 0 Å². The van der Waals surface area contributed by atoms with Gasteiger partial charge in [0.2, 0.25) is 11.7 Å². The Morgan fingerprint density at radius 3 is 2.95 bits per heavy atom. The Hall–Kier alpha value is -1.75. The third kappa shape index (κ3) is 2.51. The van der Waals surface area contributed by atoms with Gasteiger partial charge in [-0.2, -0.15) is 4.98 Å². The Bertz CT molecular complexity index is 573. The molecule has 5 nitrogen and oxygen atoms in total. The molecule has 0 amide bonds. The third-order valence-corrected chi connectivity index (χ3v) is 3.48. The molecule has 5 heteroatoms. The van der Waals surface area contributed by atoms with Crippen LogP contribution in [0.4, 0.5) is 0 Å². The molecule has 0 bridgehead atoms. The number of piperidine rings is 1. The van der Waals surface area contributed by atoms with E-state index in [1.54, 1.807) is 0 Å². The second kappa shape index (κ2) is 5.09. The Kier molecular flexibility index (Phi) is 3.29. The molecule has 0 aromatic carbocycles. The summed E-state index contributed by atoms with van der Waals surface area (Å²) in [7, 11) is 0. The molecule has 0 aliphatic carbocycles. The van der Waals surface area contributed by atoms with E-state index in [0.717, 1.165) is 29.8 Å². The van der Waals surface area contributed by atoms with Gasteiger partial charge in [-0.3, -0.25) is 4.98 Å². The van der Waals surface area contributed by atoms with Crippen LogP contribution in [0, 0.1) is 13.8 Å². The summed E-state index contributed by atoms with van der Waals surface area (Å²) in [6.45, 7) is 5.06. The van der Waals surface area contributed by atoms with E-state index in [-0.39, 0.29) is 6.04 Å². The van der Waals surface area contributed by atoms with Gasteiger partial charge in [0.15, 0.2) is 0 Å². The first-order valence-corrected chi connectivity index (χ1v) is 6.74. The highest BCUT2D eigenvalue weighted by Crippen LogP contribution is 2.24. The average Bonchev–Trinajstić information content (AvgIpc) is 2.89. The van der Waals surface area contributed by atoms with E-state index in [0.29, 0.717) is 11.7 Å². The fourth-order valence-electron chi connectivity index (χ4n) is 2.48. The van der Waals surface area contributed by atoms with Gasteiger partial charge in [0, 0.05) is 6.20 Å². The van der Waals surface area contributed by atoms with Crippen LogP contribution in [-0.2, 0) is 0 Å². The molecular weight excluding hydrogens is 240 g/mol. The van der Waals surface area contributed by atoms with Crippen LogP contribution < -0.4 is 5.32 Å². The van der Waals surface area contributed by atoms with Gasteiger partial charge in [-0.05, 0) is 44.4 Å². The summed E-state index contributed by atoms with van der Waals surface area (Å²) < 4.78 is 5.38. The predicted molar refractivity (Wildman–Crippen MR) is 71.6 cm³/mol. The van der Waals surface area contributed by atoms with Gasteiger partial charge in [0.25, 0.3) is 0 Å². The van der Waals surface area contributed by atoms with Crippen LogP contribution in [0.25, 0.3) is 11.5 Å². The highest BCUT2D eigenvalue weighted by molar-refractivity contribution is 5.54. The summed E-state index contributed by atoms with van der Waals surface area (Å²) >= 11 is 0. The Labute approximate surface area is 112 Å². The van der Waals surface area contributed by atoms with Crippen LogP contribution in [0.5, 0.6) is 0 Å². The van der Waals surface area contributed by atoms with Crippen LogP contribution in [0.3, 0.4) is 0 Å². The zero-order chi connectivity index (χ0) is 13.2. The maximum atomic E-state index is 5.38. The van der Waals surface area contributed by atoms with Crippen molar-refractivity contribution in [2.24, 2.45) is 0 Å². The summed E-state index contributed by atoms with van der Waals surface area (Å²) in [5.74, 6) is 1.26. The van der Waals surface area contributed by atoms with Crippen molar-refractivity contribution in [1.29, 1.82) is 0 Å². The predicted octanol–water partition coefficient (Wildman–Crippen LogP) is 2.56. The van der Waals surface area contributed by atoms with Crippen LogP contribution in [0.15, 0.2) is 16.8 Å². The van der Waals surface area contributed by atoms with Crippen LogP contribution in [0.2, 0.25) is 0 Å². The van der Waals surface area contributed by atoms with Crippen molar-refractivity contribution in [2.45, 2.75) is 39.2 Å². The molecule has 0 saturated carbocycles. The molecule has 2 aromatic rings. The minimum atomic E-state index is 0.195. The van der Waals surface area contributed by atoms with E-state index in [4.69, 9.17) is 4.52 Å². The molecule has 1 aliphatic heterocycles. The SMILES string of the molecule is Cc1cnc(-c2noc([C@H]3CCCCN3)n2)c(C)c1. The summed E-state index contributed by atoms with van der Waals surface area (Å²) in [6, 6.07) is 2.28. The molecule has 0 radical (unpaired) electrons. The monoisotopic (exact) mass is 258 g/mol. The van der Waals surface area contributed by atoms with Crippen molar-refractivity contribution in [3.05, 3.63) is 29.3 Å². The van der Waals surface area contributed by atoms with Gasteiger partial charge in [-0.15, -0.1) is 0 Å². The molecule has 0 spiro atoms. The molecule has 1 saturated heterocycles. The Morgan fingerprint density at radius 1 is 1.32 bits per heavy atom. The lowest BCUT2D eigenvalue weighted by Gasteiger charge is -2.19. The first-order chi connectivity index (χ1) is 9.24. The number of aromatic nitrogens is 3. The Balaban J connectivity index is 1.87. The van der Waals surface area contributed by atoms with Gasteiger partial charge < -0.3 is 9.84 Å². The fourth-order valence-corrected chi connectivity index (χ4v) is 2.48. The fraction of sp³-hybridized carbons (Fsp3) is 0.500. The first kappa shape index (κ1) is 12.3. The summed E-state index contributed by atoms with van der Waals surface area (Å²) in [5, 5.41) is 7.47. The molecule has 1 fully saturated rings. The highest BCUT2D eigenvalue weighted by atomic mass is 16.5. The van der Waals surface area contributed by atoms with Gasteiger partial charge in [-0.1, -0.05) is 17.6 Å². The number of rotatable bonds is 2. The van der Waals surface area contributed by atoms with Crippen LogP contribution >= 0.6 is 0 Å². The zero-order valence-electron chi connectivity index (χ0n) is 11.3. The minimum Gasteiger partial charge on any atom is -0.337 e. The first-order valence-electron chi connectivity index (χ1n) is 6.74. The van der Waals surface area contributed by atoms with E-state index in [1.165, 1.54) is 12.8 Å². The maximum Gasteiger partial charge on any atom is 0.244 e. The minimum absolute atomic E-state index is 0.195. The van der Waals surface area contributed by atoms with Gasteiger partial charge in [0.05, 0.1) is 6.04 Å². The second-order valence-corrected chi connectivity index (χ2v) is 5.14. The van der Waals surface area contributed by atoms with Gasteiger partial charge in [0.1, 0.15) is 5.69 Å². The summed E-state index contributed by atoms with van der Waals surface area (Å²) in [4.78, 5) is 8.89. The molecule has 3 heterocycles. The molecule has 3 rings (SSSR count). The lowest BCUT2D eigenvalue weighted by molar-refractivity contribution is 0.297. The molecule has 100 valence electrons. The summed E-state index contributed by atoms with van der Waals surface area (Å²) in [6.07, 6.45) is 5.31. The molecule has 19 heavy (non-hydrogen) atoms. The molecule has 1 aliphatic rings. The summed E-state index contributed by atoms with van der Waals surface area (Å²) in [5.41, 5.74) is 3.01. The zero-order valence-corrected chi connectivity index (χ0v) is 11.3. The standard InChI is InChI=1S/C14H18N4O/c1-9-7-10(2)12(16-8-9)13-17-14(19-18-13)11-5-3-4-6-15-11/h7-8,11,15H,3-6H2,1-2H3/t11-/m1/s1. The van der Waals surface area contributed by atoms with Crippen molar-refractivity contribution in [1.82, 2.24) is 20.4 Å². The number of nitrogens with one attached hydrogen (secondary N) is 1. The van der Waals surface area contributed by atoms with Gasteiger partial charge in [-0.25, -0.2) is 0 Å². The van der Waals surface area contributed by atoms with Crippen molar-refractivity contribution >= 4 is 0 Å². The number of pyridine rings is 1. The van der Waals surface area contributed by atoms with Crippen molar-refractivity contribution in [2.75, 3.05) is 6.54 Å². The lowest BCUT2D eigenvalue weighted by atomic mass is 10.1. The second-order valence-electron chi connectivity index (χ2n) is 5.14.